The Morgan fingerprint density at radius 2 is 2.11 bits per heavy atom. The minimum Gasteiger partial charge on any atom is -0.493 e. The predicted octanol–water partition coefficient (Wildman–Crippen LogP) is 2.76. The average Bonchev–Trinajstić information content (AvgIpc) is 2.40. The van der Waals surface area contributed by atoms with E-state index in [4.69, 9.17) is 4.74 Å². The van der Waals surface area contributed by atoms with Gasteiger partial charge in [0.25, 0.3) is 0 Å². The Labute approximate surface area is 107 Å². The molecular formula is C15H17NO2. The van der Waals surface area contributed by atoms with Gasteiger partial charge in [0, 0.05) is 18.3 Å². The lowest BCUT2D eigenvalue weighted by Gasteiger charge is -2.09. The fourth-order valence-electron chi connectivity index (χ4n) is 1.68. The van der Waals surface area contributed by atoms with Crippen molar-refractivity contribution in [2.75, 3.05) is 6.61 Å². The van der Waals surface area contributed by atoms with E-state index in [-0.39, 0.29) is 0 Å². The summed E-state index contributed by atoms with van der Waals surface area (Å²) < 4.78 is 5.65. The Kier molecular flexibility index (Phi) is 4.31. The lowest BCUT2D eigenvalue weighted by molar-refractivity contribution is 0.198. The molecule has 3 nitrogen and oxygen atoms in total. The van der Waals surface area contributed by atoms with Crippen LogP contribution in [-0.2, 0) is 6.42 Å². The number of aromatic nitrogens is 1. The normalized spacial score (nSPS) is 12.1. The van der Waals surface area contributed by atoms with Crippen LogP contribution in [0.5, 0.6) is 5.75 Å². The maximum absolute atomic E-state index is 9.49. The zero-order valence-electron chi connectivity index (χ0n) is 10.4. The van der Waals surface area contributed by atoms with Crippen LogP contribution in [0.2, 0.25) is 0 Å². The first kappa shape index (κ1) is 12.6. The van der Waals surface area contributed by atoms with E-state index in [0.717, 1.165) is 23.4 Å². The van der Waals surface area contributed by atoms with Crippen molar-refractivity contribution in [1.29, 1.82) is 0 Å². The molecule has 2 aromatic rings. The highest BCUT2D eigenvalue weighted by Crippen LogP contribution is 2.18. The number of aliphatic hydroxyl groups excluding tert-OH is 1. The van der Waals surface area contributed by atoms with Crippen molar-refractivity contribution in [2.45, 2.75) is 19.4 Å². The molecule has 0 radical (unpaired) electrons. The van der Waals surface area contributed by atoms with Crippen LogP contribution in [-0.4, -0.2) is 16.7 Å². The molecule has 0 saturated heterocycles. The highest BCUT2D eigenvalue weighted by molar-refractivity contribution is 5.29. The average molecular weight is 243 g/mol. The summed E-state index contributed by atoms with van der Waals surface area (Å²) in [4.78, 5) is 4.24. The monoisotopic (exact) mass is 243 g/mol. The molecule has 0 fully saturated rings. The summed E-state index contributed by atoms with van der Waals surface area (Å²) in [5.74, 6) is 0.782. The largest absolute Gasteiger partial charge is 0.493 e. The molecule has 0 bridgehead atoms. The van der Waals surface area contributed by atoms with Gasteiger partial charge in [-0.1, -0.05) is 18.2 Å². The fraction of sp³-hybridized carbons (Fsp3) is 0.267. The second kappa shape index (κ2) is 6.17. The maximum Gasteiger partial charge on any atom is 0.119 e. The molecule has 1 N–H and O–H groups in total. The second-order valence-electron chi connectivity index (χ2n) is 4.17. The van der Waals surface area contributed by atoms with Gasteiger partial charge in [0.15, 0.2) is 0 Å². The number of hydrogen-bond donors (Lipinski definition) is 1. The predicted molar refractivity (Wildman–Crippen MR) is 70.5 cm³/mol. The Hall–Kier alpha value is -1.87. The summed E-state index contributed by atoms with van der Waals surface area (Å²) in [6.45, 7) is 2.33. The van der Waals surface area contributed by atoms with Crippen LogP contribution >= 0.6 is 0 Å². The summed E-state index contributed by atoms with van der Waals surface area (Å²) >= 11 is 0. The molecule has 0 saturated carbocycles. The Bertz CT molecular complexity index is 483. The minimum atomic E-state index is -0.468. The molecule has 1 aromatic heterocycles. The molecule has 3 heteroatoms. The molecule has 0 aliphatic heterocycles. The van der Waals surface area contributed by atoms with Gasteiger partial charge in [-0.3, -0.25) is 4.98 Å². The SMILES string of the molecule is C[C@@H](O)c1cccc(OCCc2ccccn2)c1. The van der Waals surface area contributed by atoms with Crippen LogP contribution in [0.3, 0.4) is 0 Å². The molecule has 0 spiro atoms. The summed E-state index contributed by atoms with van der Waals surface area (Å²) in [5, 5.41) is 9.49. The number of benzene rings is 1. The van der Waals surface area contributed by atoms with E-state index in [1.807, 2.05) is 42.5 Å². The van der Waals surface area contributed by atoms with Gasteiger partial charge in [0.05, 0.1) is 12.7 Å². The molecule has 0 aliphatic rings. The van der Waals surface area contributed by atoms with Gasteiger partial charge in [-0.05, 0) is 36.8 Å². The van der Waals surface area contributed by atoms with Crippen molar-refractivity contribution < 1.29 is 9.84 Å². The first-order chi connectivity index (χ1) is 8.75. The molecule has 1 heterocycles. The molecule has 94 valence electrons. The molecule has 1 atom stereocenters. The summed E-state index contributed by atoms with van der Waals surface area (Å²) in [7, 11) is 0. The van der Waals surface area contributed by atoms with Crippen LogP contribution in [0.15, 0.2) is 48.7 Å². The lowest BCUT2D eigenvalue weighted by atomic mass is 10.1. The van der Waals surface area contributed by atoms with Gasteiger partial charge in [-0.25, -0.2) is 0 Å². The Morgan fingerprint density at radius 3 is 2.83 bits per heavy atom. The second-order valence-corrected chi connectivity index (χ2v) is 4.17. The maximum atomic E-state index is 9.49. The number of pyridine rings is 1. The third-order valence-corrected chi connectivity index (χ3v) is 2.69. The van der Waals surface area contributed by atoms with Crippen molar-refractivity contribution in [1.82, 2.24) is 4.98 Å². The van der Waals surface area contributed by atoms with Crippen LogP contribution in [0.4, 0.5) is 0 Å². The number of nitrogens with zero attached hydrogens (tertiary/aromatic N) is 1. The minimum absolute atomic E-state index is 0.468. The van der Waals surface area contributed by atoms with E-state index < -0.39 is 6.10 Å². The van der Waals surface area contributed by atoms with E-state index in [0.29, 0.717) is 6.61 Å². The summed E-state index contributed by atoms with van der Waals surface area (Å²) in [6.07, 6.45) is 2.09. The highest BCUT2D eigenvalue weighted by Gasteiger charge is 2.02. The van der Waals surface area contributed by atoms with Crippen LogP contribution in [0.1, 0.15) is 24.3 Å². The first-order valence-electron chi connectivity index (χ1n) is 6.06. The first-order valence-corrected chi connectivity index (χ1v) is 6.06. The van der Waals surface area contributed by atoms with E-state index in [9.17, 15) is 5.11 Å². The van der Waals surface area contributed by atoms with Crippen molar-refractivity contribution >= 4 is 0 Å². The van der Waals surface area contributed by atoms with E-state index in [1.165, 1.54) is 0 Å². The van der Waals surface area contributed by atoms with Gasteiger partial charge in [0.1, 0.15) is 5.75 Å². The highest BCUT2D eigenvalue weighted by atomic mass is 16.5. The standard InChI is InChI=1S/C15H17NO2/c1-12(17)13-5-4-7-15(11-13)18-10-8-14-6-2-3-9-16-14/h2-7,9,11-12,17H,8,10H2,1H3/t12-/m1/s1. The number of rotatable bonds is 5. The molecule has 0 aliphatic carbocycles. The van der Waals surface area contributed by atoms with Crippen molar-refractivity contribution in [3.05, 3.63) is 59.9 Å². The number of ether oxygens (including phenoxy) is 1. The quantitative estimate of drug-likeness (QED) is 0.878. The van der Waals surface area contributed by atoms with Crippen LogP contribution in [0.25, 0.3) is 0 Å². The molecular weight excluding hydrogens is 226 g/mol. The smallest absolute Gasteiger partial charge is 0.119 e. The van der Waals surface area contributed by atoms with E-state index in [1.54, 1.807) is 13.1 Å². The van der Waals surface area contributed by atoms with Gasteiger partial charge in [0.2, 0.25) is 0 Å². The van der Waals surface area contributed by atoms with Crippen LogP contribution in [0, 0.1) is 0 Å². The molecule has 0 amide bonds. The van der Waals surface area contributed by atoms with Gasteiger partial charge in [-0.2, -0.15) is 0 Å². The van der Waals surface area contributed by atoms with Gasteiger partial charge in [-0.15, -0.1) is 0 Å². The fourth-order valence-corrected chi connectivity index (χ4v) is 1.68. The topological polar surface area (TPSA) is 42.4 Å². The summed E-state index contributed by atoms with van der Waals surface area (Å²) in [5.41, 5.74) is 1.88. The molecule has 2 rings (SSSR count). The van der Waals surface area contributed by atoms with Gasteiger partial charge >= 0.3 is 0 Å². The lowest BCUT2D eigenvalue weighted by Crippen LogP contribution is -2.03. The van der Waals surface area contributed by atoms with Crippen molar-refractivity contribution in [2.24, 2.45) is 0 Å². The Balaban J connectivity index is 1.89. The summed E-state index contributed by atoms with van der Waals surface area (Å²) in [6, 6.07) is 13.4. The van der Waals surface area contributed by atoms with Gasteiger partial charge < -0.3 is 9.84 Å². The van der Waals surface area contributed by atoms with E-state index >= 15 is 0 Å². The third kappa shape index (κ3) is 3.57. The zero-order chi connectivity index (χ0) is 12.8. The molecule has 1 aromatic carbocycles. The molecule has 0 unspecified atom stereocenters. The number of aliphatic hydroxyl groups is 1. The zero-order valence-corrected chi connectivity index (χ0v) is 10.4. The Morgan fingerprint density at radius 1 is 1.22 bits per heavy atom. The van der Waals surface area contributed by atoms with Crippen LogP contribution < -0.4 is 4.74 Å². The number of hydrogen-bond acceptors (Lipinski definition) is 3. The van der Waals surface area contributed by atoms with Crippen molar-refractivity contribution in [3.8, 4) is 5.75 Å². The third-order valence-electron chi connectivity index (χ3n) is 2.69. The van der Waals surface area contributed by atoms with Crippen molar-refractivity contribution in [3.63, 3.8) is 0 Å². The molecule has 18 heavy (non-hydrogen) atoms. The van der Waals surface area contributed by atoms with E-state index in [2.05, 4.69) is 4.98 Å².